The molecule has 1 heterocycles. The summed E-state index contributed by atoms with van der Waals surface area (Å²) in [6, 6.07) is 4.91. The summed E-state index contributed by atoms with van der Waals surface area (Å²) < 4.78 is 0. The second kappa shape index (κ2) is 7.99. The van der Waals surface area contributed by atoms with Gasteiger partial charge in [-0.05, 0) is 38.2 Å². The smallest absolute Gasteiger partial charge is 0.252 e. The van der Waals surface area contributed by atoms with E-state index in [1.165, 1.54) is 0 Å². The van der Waals surface area contributed by atoms with Crippen molar-refractivity contribution in [1.29, 1.82) is 0 Å². The minimum Gasteiger partial charge on any atom is -0.352 e. The number of hydrogen-bond acceptors (Lipinski definition) is 3. The Morgan fingerprint density at radius 1 is 1.24 bits per heavy atom. The summed E-state index contributed by atoms with van der Waals surface area (Å²) in [4.78, 5) is 16.8. The SMILES string of the molecule is CN1CCN(CCCNC(=O)c2ccc(Cl)cc2Cl)CC1. The van der Waals surface area contributed by atoms with Crippen molar-refractivity contribution in [2.75, 3.05) is 46.3 Å². The number of nitrogens with one attached hydrogen (secondary N) is 1. The lowest BCUT2D eigenvalue weighted by molar-refractivity contribution is 0.0949. The molecule has 0 atom stereocenters. The van der Waals surface area contributed by atoms with Crippen LogP contribution in [0.5, 0.6) is 0 Å². The van der Waals surface area contributed by atoms with Gasteiger partial charge in [-0.1, -0.05) is 23.2 Å². The third-order valence-corrected chi connectivity index (χ3v) is 4.26. The third kappa shape index (κ3) is 5.15. The second-order valence-electron chi connectivity index (χ2n) is 5.38. The summed E-state index contributed by atoms with van der Waals surface area (Å²) in [5, 5.41) is 3.83. The molecule has 1 amide bonds. The molecule has 116 valence electrons. The Bertz CT molecular complexity index is 488. The van der Waals surface area contributed by atoms with Gasteiger partial charge in [0, 0.05) is 37.7 Å². The van der Waals surface area contributed by atoms with Crippen molar-refractivity contribution < 1.29 is 4.79 Å². The van der Waals surface area contributed by atoms with Gasteiger partial charge in [-0.25, -0.2) is 0 Å². The van der Waals surface area contributed by atoms with Crippen LogP contribution in [0.3, 0.4) is 0 Å². The summed E-state index contributed by atoms with van der Waals surface area (Å²) in [6.45, 7) is 6.12. The summed E-state index contributed by atoms with van der Waals surface area (Å²) in [6.07, 6.45) is 0.945. The predicted molar refractivity (Wildman–Crippen MR) is 87.3 cm³/mol. The van der Waals surface area contributed by atoms with Gasteiger partial charge >= 0.3 is 0 Å². The molecule has 0 aromatic heterocycles. The van der Waals surface area contributed by atoms with Crippen molar-refractivity contribution in [3.8, 4) is 0 Å². The van der Waals surface area contributed by atoms with Crippen LogP contribution >= 0.6 is 23.2 Å². The quantitative estimate of drug-likeness (QED) is 0.842. The molecule has 1 N–H and O–H groups in total. The highest BCUT2D eigenvalue weighted by atomic mass is 35.5. The Kier molecular flexibility index (Phi) is 6.30. The Morgan fingerprint density at radius 2 is 1.95 bits per heavy atom. The Labute approximate surface area is 136 Å². The number of piperazine rings is 1. The number of amides is 1. The standard InChI is InChI=1S/C15H21Cl2N3O/c1-19-7-9-20(10-8-19)6-2-5-18-15(21)13-4-3-12(16)11-14(13)17/h3-4,11H,2,5-10H2,1H3,(H,18,21). The van der Waals surface area contributed by atoms with Crippen LogP contribution in [0, 0.1) is 0 Å². The zero-order valence-electron chi connectivity index (χ0n) is 12.2. The molecule has 0 saturated carbocycles. The molecule has 1 aromatic rings. The molecule has 0 aliphatic carbocycles. The Balaban J connectivity index is 1.69. The predicted octanol–water partition coefficient (Wildman–Crippen LogP) is 2.36. The number of carbonyl (C=O) groups excluding carboxylic acids is 1. The normalized spacial score (nSPS) is 16.9. The van der Waals surface area contributed by atoms with Crippen LogP contribution in [-0.2, 0) is 0 Å². The van der Waals surface area contributed by atoms with Gasteiger partial charge in [0.15, 0.2) is 0 Å². The average molecular weight is 330 g/mol. The fourth-order valence-corrected chi connectivity index (χ4v) is 2.84. The fourth-order valence-electron chi connectivity index (χ4n) is 2.34. The first-order chi connectivity index (χ1) is 10.1. The van der Waals surface area contributed by atoms with Gasteiger partial charge < -0.3 is 15.1 Å². The van der Waals surface area contributed by atoms with E-state index in [-0.39, 0.29) is 5.91 Å². The van der Waals surface area contributed by atoms with E-state index in [1.54, 1.807) is 18.2 Å². The van der Waals surface area contributed by atoms with Crippen molar-refractivity contribution in [3.05, 3.63) is 33.8 Å². The minimum absolute atomic E-state index is 0.143. The van der Waals surface area contributed by atoms with Gasteiger partial charge in [-0.3, -0.25) is 4.79 Å². The monoisotopic (exact) mass is 329 g/mol. The number of benzene rings is 1. The number of nitrogens with zero attached hydrogens (tertiary/aromatic N) is 2. The van der Waals surface area contributed by atoms with Crippen molar-refractivity contribution in [2.24, 2.45) is 0 Å². The maximum Gasteiger partial charge on any atom is 0.252 e. The lowest BCUT2D eigenvalue weighted by Crippen LogP contribution is -2.45. The molecular weight excluding hydrogens is 309 g/mol. The number of carbonyl (C=O) groups is 1. The van der Waals surface area contributed by atoms with E-state index in [1.807, 2.05) is 0 Å². The summed E-state index contributed by atoms with van der Waals surface area (Å²) in [7, 11) is 2.15. The summed E-state index contributed by atoms with van der Waals surface area (Å²) in [5.41, 5.74) is 0.473. The third-order valence-electron chi connectivity index (χ3n) is 3.71. The van der Waals surface area contributed by atoms with Crippen molar-refractivity contribution in [2.45, 2.75) is 6.42 Å². The van der Waals surface area contributed by atoms with Gasteiger partial charge in [0.1, 0.15) is 0 Å². The molecule has 1 aromatic carbocycles. The molecular formula is C15H21Cl2N3O. The van der Waals surface area contributed by atoms with Gasteiger partial charge in [0.2, 0.25) is 0 Å². The molecule has 21 heavy (non-hydrogen) atoms. The van der Waals surface area contributed by atoms with E-state index in [2.05, 4.69) is 22.2 Å². The van der Waals surface area contributed by atoms with Gasteiger partial charge in [0.25, 0.3) is 5.91 Å². The van der Waals surface area contributed by atoms with Gasteiger partial charge in [0.05, 0.1) is 10.6 Å². The van der Waals surface area contributed by atoms with Crippen LogP contribution in [0.25, 0.3) is 0 Å². The molecule has 1 saturated heterocycles. The lowest BCUT2D eigenvalue weighted by atomic mass is 10.2. The highest BCUT2D eigenvalue weighted by molar-refractivity contribution is 6.36. The van der Waals surface area contributed by atoms with E-state index in [4.69, 9.17) is 23.2 Å². The highest BCUT2D eigenvalue weighted by Gasteiger charge is 2.13. The molecule has 0 unspecified atom stereocenters. The van der Waals surface area contributed by atoms with Crippen molar-refractivity contribution in [1.82, 2.24) is 15.1 Å². The molecule has 1 fully saturated rings. The van der Waals surface area contributed by atoms with E-state index >= 15 is 0 Å². The summed E-state index contributed by atoms with van der Waals surface area (Å²) in [5.74, 6) is -0.143. The lowest BCUT2D eigenvalue weighted by Gasteiger charge is -2.32. The zero-order valence-corrected chi connectivity index (χ0v) is 13.8. The van der Waals surface area contributed by atoms with Crippen LogP contribution in [0.15, 0.2) is 18.2 Å². The Morgan fingerprint density at radius 3 is 2.62 bits per heavy atom. The van der Waals surface area contributed by atoms with Gasteiger partial charge in [-0.15, -0.1) is 0 Å². The first-order valence-electron chi connectivity index (χ1n) is 7.20. The number of halogens is 2. The zero-order chi connectivity index (χ0) is 15.2. The van der Waals surface area contributed by atoms with Gasteiger partial charge in [-0.2, -0.15) is 0 Å². The van der Waals surface area contributed by atoms with Crippen LogP contribution in [0.2, 0.25) is 10.0 Å². The molecule has 0 spiro atoms. The number of likely N-dealkylation sites (N-methyl/N-ethyl adjacent to an activating group) is 1. The first kappa shape index (κ1) is 16.6. The molecule has 1 aliphatic rings. The second-order valence-corrected chi connectivity index (χ2v) is 6.22. The van der Waals surface area contributed by atoms with Crippen molar-refractivity contribution >= 4 is 29.1 Å². The largest absolute Gasteiger partial charge is 0.352 e. The van der Waals surface area contributed by atoms with E-state index in [0.717, 1.165) is 39.1 Å². The highest BCUT2D eigenvalue weighted by Crippen LogP contribution is 2.20. The van der Waals surface area contributed by atoms with E-state index < -0.39 is 0 Å². The first-order valence-corrected chi connectivity index (χ1v) is 7.96. The van der Waals surface area contributed by atoms with E-state index in [0.29, 0.717) is 22.2 Å². The van der Waals surface area contributed by atoms with Crippen LogP contribution in [-0.4, -0.2) is 62.0 Å². The summed E-state index contributed by atoms with van der Waals surface area (Å²) >= 11 is 11.8. The molecule has 1 aliphatic heterocycles. The average Bonchev–Trinajstić information content (AvgIpc) is 2.45. The maximum absolute atomic E-state index is 12.0. The van der Waals surface area contributed by atoms with Crippen LogP contribution in [0.1, 0.15) is 16.8 Å². The molecule has 4 nitrogen and oxygen atoms in total. The van der Waals surface area contributed by atoms with Crippen LogP contribution < -0.4 is 5.32 Å². The van der Waals surface area contributed by atoms with E-state index in [9.17, 15) is 4.79 Å². The molecule has 0 bridgehead atoms. The maximum atomic E-state index is 12.0. The topological polar surface area (TPSA) is 35.6 Å². The molecule has 0 radical (unpaired) electrons. The van der Waals surface area contributed by atoms with Crippen LogP contribution in [0.4, 0.5) is 0 Å². The van der Waals surface area contributed by atoms with Crippen molar-refractivity contribution in [3.63, 3.8) is 0 Å². The number of rotatable bonds is 5. The minimum atomic E-state index is -0.143. The molecule has 2 rings (SSSR count). The molecule has 6 heteroatoms. The fraction of sp³-hybridized carbons (Fsp3) is 0.533. The number of hydrogen-bond donors (Lipinski definition) is 1. The Hall–Kier alpha value is -0.810.